The number of hydrogen-bond donors (Lipinski definition) is 2. The number of likely N-dealkylation sites (tertiary alicyclic amines) is 1. The number of nitrogens with zero attached hydrogens (tertiary/aromatic N) is 1. The number of methoxy groups -OCH3 is 1. The Balaban J connectivity index is 1.21. The molecule has 2 N–H and O–H groups in total. The zero-order valence-electron chi connectivity index (χ0n) is 19.4. The summed E-state index contributed by atoms with van der Waals surface area (Å²) < 4.78 is 16.3. The average Bonchev–Trinajstić information content (AvgIpc) is 3.59. The van der Waals surface area contributed by atoms with Gasteiger partial charge in [-0.3, -0.25) is 4.79 Å². The van der Waals surface area contributed by atoms with Crippen LogP contribution in [0.1, 0.15) is 23.5 Å². The Morgan fingerprint density at radius 3 is 2.34 bits per heavy atom. The number of fused-ring (bicyclic) bond motifs is 3. The number of alkyl carbamates (subject to hydrolysis) is 1. The average molecular weight is 481 g/mol. The normalized spacial score (nSPS) is 25.2. The molecule has 3 aliphatic rings. The fourth-order valence-corrected chi connectivity index (χ4v) is 5.36. The van der Waals surface area contributed by atoms with Crippen LogP contribution in [0.3, 0.4) is 0 Å². The fourth-order valence-electron chi connectivity index (χ4n) is 5.36. The summed E-state index contributed by atoms with van der Waals surface area (Å²) in [5.74, 6) is -2.02. The molecule has 3 atom stereocenters. The summed E-state index contributed by atoms with van der Waals surface area (Å²) in [7, 11) is 1.34. The number of amides is 2. The van der Waals surface area contributed by atoms with Gasteiger partial charge in [0.15, 0.2) is 5.60 Å². The van der Waals surface area contributed by atoms with Gasteiger partial charge in [-0.05, 0) is 22.3 Å². The Morgan fingerprint density at radius 1 is 1.09 bits per heavy atom. The van der Waals surface area contributed by atoms with Crippen LogP contribution in [-0.4, -0.2) is 79.6 Å². The van der Waals surface area contributed by atoms with E-state index in [0.29, 0.717) is 0 Å². The molecule has 2 heterocycles. The van der Waals surface area contributed by atoms with Gasteiger partial charge in [-0.2, -0.15) is 0 Å². The second-order valence-corrected chi connectivity index (χ2v) is 9.23. The van der Waals surface area contributed by atoms with Crippen molar-refractivity contribution in [1.82, 2.24) is 10.2 Å². The van der Waals surface area contributed by atoms with E-state index >= 15 is 0 Å². The minimum Gasteiger partial charge on any atom is -0.479 e. The van der Waals surface area contributed by atoms with E-state index in [1.54, 1.807) is 0 Å². The van der Waals surface area contributed by atoms with E-state index in [1.807, 2.05) is 36.4 Å². The van der Waals surface area contributed by atoms with Gasteiger partial charge in [0, 0.05) is 26.0 Å². The van der Waals surface area contributed by atoms with Crippen LogP contribution in [0.2, 0.25) is 0 Å². The van der Waals surface area contributed by atoms with Gasteiger partial charge in [0.25, 0.3) is 0 Å². The molecule has 184 valence electrons. The highest BCUT2D eigenvalue weighted by Gasteiger charge is 2.49. The molecule has 0 bridgehead atoms. The third-order valence-corrected chi connectivity index (χ3v) is 7.37. The standard InChI is InChI=1S/C26H28N2O7/c1-33-26(24(30)31)10-11-28(15-26)23(29)21-12-34-14-22(21)27-25(32)35-13-20-18-8-4-2-6-16(18)17-7-3-5-9-19(17)20/h2-9,20-22H,10-15H2,1H3,(H,27,32)(H,30,31). The molecular weight excluding hydrogens is 452 g/mol. The smallest absolute Gasteiger partial charge is 0.407 e. The zero-order chi connectivity index (χ0) is 24.6. The monoisotopic (exact) mass is 480 g/mol. The van der Waals surface area contributed by atoms with Crippen LogP contribution in [0, 0.1) is 5.92 Å². The topological polar surface area (TPSA) is 114 Å². The third kappa shape index (κ3) is 4.15. The van der Waals surface area contributed by atoms with Crippen molar-refractivity contribution in [3.8, 4) is 11.1 Å². The van der Waals surface area contributed by atoms with E-state index < -0.39 is 29.6 Å². The van der Waals surface area contributed by atoms with Gasteiger partial charge in [-0.1, -0.05) is 48.5 Å². The Kier molecular flexibility index (Phi) is 6.21. The maximum Gasteiger partial charge on any atom is 0.407 e. The molecule has 9 heteroatoms. The van der Waals surface area contributed by atoms with Gasteiger partial charge in [0.1, 0.15) is 6.61 Å². The summed E-state index contributed by atoms with van der Waals surface area (Å²) in [5.41, 5.74) is 3.13. The second-order valence-electron chi connectivity index (χ2n) is 9.23. The number of aliphatic carboxylic acids is 1. The van der Waals surface area contributed by atoms with Gasteiger partial charge in [-0.15, -0.1) is 0 Å². The fraction of sp³-hybridized carbons (Fsp3) is 0.423. The molecule has 0 spiro atoms. The lowest BCUT2D eigenvalue weighted by Gasteiger charge is -2.26. The Bertz CT molecular complexity index is 1110. The van der Waals surface area contributed by atoms with Crippen LogP contribution in [0.4, 0.5) is 4.79 Å². The number of hydrogen-bond acceptors (Lipinski definition) is 6. The van der Waals surface area contributed by atoms with Gasteiger partial charge in [-0.25, -0.2) is 9.59 Å². The number of nitrogens with one attached hydrogen (secondary N) is 1. The highest BCUT2D eigenvalue weighted by Crippen LogP contribution is 2.44. The highest BCUT2D eigenvalue weighted by atomic mass is 16.6. The predicted octanol–water partition coefficient (Wildman–Crippen LogP) is 2.24. The minimum atomic E-state index is -1.40. The van der Waals surface area contributed by atoms with Crippen LogP contribution >= 0.6 is 0 Å². The Hall–Kier alpha value is -3.43. The lowest BCUT2D eigenvalue weighted by Crippen LogP contribution is -2.49. The molecule has 2 saturated heterocycles. The number of carbonyl (C=O) groups excluding carboxylic acids is 2. The summed E-state index contributed by atoms with van der Waals surface area (Å²) in [4.78, 5) is 38.9. The summed E-state index contributed by atoms with van der Waals surface area (Å²) in [6.45, 7) is 0.742. The maximum absolute atomic E-state index is 13.1. The summed E-state index contributed by atoms with van der Waals surface area (Å²) >= 11 is 0. The number of ether oxygens (including phenoxy) is 3. The highest BCUT2D eigenvalue weighted by molar-refractivity contribution is 5.85. The van der Waals surface area contributed by atoms with E-state index in [-0.39, 0.29) is 51.2 Å². The zero-order valence-corrected chi connectivity index (χ0v) is 19.4. The molecule has 3 unspecified atom stereocenters. The van der Waals surface area contributed by atoms with Crippen molar-refractivity contribution < 1.29 is 33.7 Å². The summed E-state index contributed by atoms with van der Waals surface area (Å²) in [6.07, 6.45) is -0.402. The van der Waals surface area contributed by atoms with Crippen molar-refractivity contribution in [2.75, 3.05) is 40.0 Å². The first kappa shape index (κ1) is 23.3. The molecule has 2 fully saturated rings. The molecule has 2 aromatic carbocycles. The molecule has 35 heavy (non-hydrogen) atoms. The molecule has 2 aliphatic heterocycles. The predicted molar refractivity (Wildman–Crippen MR) is 125 cm³/mol. The van der Waals surface area contributed by atoms with Gasteiger partial charge >= 0.3 is 12.1 Å². The molecule has 9 nitrogen and oxygen atoms in total. The van der Waals surface area contributed by atoms with Crippen LogP contribution in [0.25, 0.3) is 11.1 Å². The van der Waals surface area contributed by atoms with Crippen LogP contribution in [0.15, 0.2) is 48.5 Å². The van der Waals surface area contributed by atoms with E-state index in [4.69, 9.17) is 14.2 Å². The largest absolute Gasteiger partial charge is 0.479 e. The minimum absolute atomic E-state index is 0.0359. The third-order valence-electron chi connectivity index (χ3n) is 7.37. The van der Waals surface area contributed by atoms with Crippen LogP contribution in [-0.2, 0) is 23.8 Å². The number of rotatable bonds is 6. The Morgan fingerprint density at radius 2 is 1.74 bits per heavy atom. The Labute approximate surface area is 203 Å². The first-order valence-electron chi connectivity index (χ1n) is 11.7. The van der Waals surface area contributed by atoms with Crippen molar-refractivity contribution in [3.05, 3.63) is 59.7 Å². The van der Waals surface area contributed by atoms with E-state index in [9.17, 15) is 19.5 Å². The van der Waals surface area contributed by atoms with Crippen molar-refractivity contribution in [2.45, 2.75) is 24.0 Å². The number of carbonyl (C=O) groups is 3. The molecule has 2 amide bonds. The maximum atomic E-state index is 13.1. The first-order valence-corrected chi connectivity index (χ1v) is 11.7. The molecule has 2 aromatic rings. The van der Waals surface area contributed by atoms with Crippen molar-refractivity contribution >= 4 is 18.0 Å². The van der Waals surface area contributed by atoms with Crippen molar-refractivity contribution in [3.63, 3.8) is 0 Å². The lowest BCUT2D eigenvalue weighted by molar-refractivity contribution is -0.161. The van der Waals surface area contributed by atoms with Crippen molar-refractivity contribution in [1.29, 1.82) is 0 Å². The lowest BCUT2D eigenvalue weighted by atomic mass is 9.98. The van der Waals surface area contributed by atoms with E-state index in [2.05, 4.69) is 17.4 Å². The number of carboxylic acids is 1. The molecular formula is C26H28N2O7. The molecule has 0 radical (unpaired) electrons. The number of benzene rings is 2. The second kappa shape index (κ2) is 9.31. The van der Waals surface area contributed by atoms with Gasteiger partial charge in [0.05, 0.1) is 31.7 Å². The quantitative estimate of drug-likeness (QED) is 0.652. The van der Waals surface area contributed by atoms with Gasteiger partial charge < -0.3 is 29.5 Å². The first-order chi connectivity index (χ1) is 16.9. The SMILES string of the molecule is COC1(C(=O)O)CCN(C(=O)C2COCC2NC(=O)OCC2c3ccccc3-c3ccccc32)C1. The van der Waals surface area contributed by atoms with Crippen LogP contribution in [0.5, 0.6) is 0 Å². The van der Waals surface area contributed by atoms with E-state index in [1.165, 1.54) is 12.0 Å². The summed E-state index contributed by atoms with van der Waals surface area (Å²) in [6, 6.07) is 15.6. The van der Waals surface area contributed by atoms with Crippen molar-refractivity contribution in [2.24, 2.45) is 5.92 Å². The summed E-state index contributed by atoms with van der Waals surface area (Å²) in [5, 5.41) is 12.3. The molecule has 5 rings (SSSR count). The molecule has 1 aliphatic carbocycles. The van der Waals surface area contributed by atoms with Crippen LogP contribution < -0.4 is 5.32 Å². The van der Waals surface area contributed by atoms with Gasteiger partial charge in [0.2, 0.25) is 5.91 Å². The molecule has 0 aromatic heterocycles. The molecule has 0 saturated carbocycles. The number of carboxylic acid groups (broad SMARTS) is 1. The van der Waals surface area contributed by atoms with E-state index in [0.717, 1.165) is 22.3 Å².